The fraction of sp³-hybridized carbons (Fsp3) is 0.167. The first-order valence-electron chi connectivity index (χ1n) is 7.97. The van der Waals surface area contributed by atoms with Gasteiger partial charge in [-0.15, -0.1) is 6.58 Å². The van der Waals surface area contributed by atoms with E-state index in [0.717, 1.165) is 10.4 Å². The van der Waals surface area contributed by atoms with Gasteiger partial charge in [0.1, 0.15) is 0 Å². The number of esters is 1. The molecule has 0 saturated carbocycles. The van der Waals surface area contributed by atoms with Crippen molar-refractivity contribution in [3.05, 3.63) is 76.9 Å². The maximum absolute atomic E-state index is 13.1. The molecule has 2 aromatic carbocycles. The van der Waals surface area contributed by atoms with Crippen molar-refractivity contribution in [3.63, 3.8) is 0 Å². The zero-order chi connectivity index (χ0) is 20.0. The summed E-state index contributed by atoms with van der Waals surface area (Å²) in [6.45, 7) is 5.34. The SMILES string of the molecule is C=CCN(c1ccc(C(=O)OCC)cc1)S(=O)(=O)c1ccccc1[N+](=O)[O-]. The number of carbonyl (C=O) groups excluding carboxylic acids is 1. The molecule has 0 heterocycles. The van der Waals surface area contributed by atoms with E-state index in [9.17, 15) is 23.3 Å². The Labute approximate surface area is 156 Å². The predicted molar refractivity (Wildman–Crippen MR) is 100 cm³/mol. The average Bonchev–Trinajstić information content (AvgIpc) is 2.66. The molecule has 0 aromatic heterocycles. The number of hydrogen-bond donors (Lipinski definition) is 0. The number of benzene rings is 2. The van der Waals surface area contributed by atoms with Crippen molar-refractivity contribution in [3.8, 4) is 0 Å². The van der Waals surface area contributed by atoms with Gasteiger partial charge in [-0.25, -0.2) is 13.2 Å². The van der Waals surface area contributed by atoms with Crippen LogP contribution >= 0.6 is 0 Å². The first-order chi connectivity index (χ1) is 12.8. The number of nitro benzene ring substituents is 1. The van der Waals surface area contributed by atoms with Crippen molar-refractivity contribution in [2.45, 2.75) is 11.8 Å². The number of hydrogen-bond acceptors (Lipinski definition) is 6. The molecule has 0 bridgehead atoms. The molecule has 0 amide bonds. The molecule has 0 spiro atoms. The Hall–Kier alpha value is -3.20. The van der Waals surface area contributed by atoms with Gasteiger partial charge in [0.25, 0.3) is 15.7 Å². The quantitative estimate of drug-likeness (QED) is 0.297. The van der Waals surface area contributed by atoms with Crippen molar-refractivity contribution in [2.24, 2.45) is 0 Å². The van der Waals surface area contributed by atoms with Crippen LogP contribution in [-0.4, -0.2) is 32.5 Å². The minimum Gasteiger partial charge on any atom is -0.462 e. The van der Waals surface area contributed by atoms with Crippen molar-refractivity contribution in [1.29, 1.82) is 0 Å². The van der Waals surface area contributed by atoms with E-state index in [1.807, 2.05) is 0 Å². The summed E-state index contributed by atoms with van der Waals surface area (Å²) in [5.41, 5.74) is -0.0157. The Morgan fingerprint density at radius 2 is 1.85 bits per heavy atom. The predicted octanol–water partition coefficient (Wildman–Crippen LogP) is 3.15. The second-order valence-corrected chi connectivity index (χ2v) is 7.15. The molecule has 142 valence electrons. The highest BCUT2D eigenvalue weighted by molar-refractivity contribution is 7.93. The Kier molecular flexibility index (Phi) is 6.30. The third-order valence-electron chi connectivity index (χ3n) is 3.59. The number of ether oxygens (including phenoxy) is 1. The summed E-state index contributed by atoms with van der Waals surface area (Å²) in [4.78, 5) is 21.8. The van der Waals surface area contributed by atoms with Crippen LogP contribution in [0.1, 0.15) is 17.3 Å². The number of sulfonamides is 1. The monoisotopic (exact) mass is 390 g/mol. The highest BCUT2D eigenvalue weighted by atomic mass is 32.2. The van der Waals surface area contributed by atoms with Crippen LogP contribution in [-0.2, 0) is 14.8 Å². The zero-order valence-electron chi connectivity index (χ0n) is 14.6. The lowest BCUT2D eigenvalue weighted by Crippen LogP contribution is -2.31. The van der Waals surface area contributed by atoms with Crippen molar-refractivity contribution in [2.75, 3.05) is 17.5 Å². The summed E-state index contributed by atoms with van der Waals surface area (Å²) in [5.74, 6) is -0.527. The molecular formula is C18H18N2O6S. The van der Waals surface area contributed by atoms with E-state index in [2.05, 4.69) is 6.58 Å². The molecular weight excluding hydrogens is 372 g/mol. The number of carbonyl (C=O) groups is 1. The largest absolute Gasteiger partial charge is 0.462 e. The molecule has 0 radical (unpaired) electrons. The van der Waals surface area contributed by atoms with Crippen molar-refractivity contribution < 1.29 is 22.9 Å². The molecule has 0 fully saturated rings. The molecule has 0 aliphatic heterocycles. The van der Waals surface area contributed by atoms with E-state index in [-0.39, 0.29) is 24.4 Å². The van der Waals surface area contributed by atoms with Crippen LogP contribution in [0.2, 0.25) is 0 Å². The van der Waals surface area contributed by atoms with E-state index < -0.39 is 31.5 Å². The maximum atomic E-state index is 13.1. The molecule has 0 aliphatic rings. The highest BCUT2D eigenvalue weighted by Gasteiger charge is 2.31. The lowest BCUT2D eigenvalue weighted by molar-refractivity contribution is -0.387. The van der Waals surface area contributed by atoms with Crippen molar-refractivity contribution in [1.82, 2.24) is 0 Å². The Balaban J connectivity index is 2.49. The van der Waals surface area contributed by atoms with Gasteiger partial charge in [-0.1, -0.05) is 18.2 Å². The van der Waals surface area contributed by atoms with Crippen molar-refractivity contribution >= 4 is 27.4 Å². The van der Waals surface area contributed by atoms with Gasteiger partial charge in [0, 0.05) is 6.07 Å². The summed E-state index contributed by atoms with van der Waals surface area (Å²) >= 11 is 0. The second kappa shape index (κ2) is 8.45. The van der Waals surface area contributed by atoms with Gasteiger partial charge in [-0.3, -0.25) is 14.4 Å². The molecule has 0 unspecified atom stereocenters. The molecule has 0 saturated heterocycles. The number of nitrogens with zero attached hydrogens (tertiary/aromatic N) is 2. The van der Waals surface area contributed by atoms with Crippen LogP contribution in [0, 0.1) is 10.1 Å². The molecule has 0 aliphatic carbocycles. The second-order valence-electron chi connectivity index (χ2n) is 5.32. The van der Waals surface area contributed by atoms with Crippen LogP contribution in [0.5, 0.6) is 0 Å². The normalized spacial score (nSPS) is 10.9. The molecule has 9 heteroatoms. The zero-order valence-corrected chi connectivity index (χ0v) is 15.4. The van der Waals surface area contributed by atoms with Gasteiger partial charge >= 0.3 is 5.97 Å². The van der Waals surface area contributed by atoms with E-state index in [0.29, 0.717) is 0 Å². The van der Waals surface area contributed by atoms with Crippen LogP contribution in [0.15, 0.2) is 66.1 Å². The topological polar surface area (TPSA) is 107 Å². The summed E-state index contributed by atoms with van der Waals surface area (Å²) in [6.07, 6.45) is 1.37. The average molecular weight is 390 g/mol. The van der Waals surface area contributed by atoms with E-state index in [4.69, 9.17) is 4.74 Å². The molecule has 0 atom stereocenters. The number of para-hydroxylation sites is 1. The summed E-state index contributed by atoms with van der Waals surface area (Å²) in [7, 11) is -4.23. The summed E-state index contributed by atoms with van der Waals surface area (Å²) in [6, 6.07) is 10.8. The smallest absolute Gasteiger partial charge is 0.338 e. The first-order valence-corrected chi connectivity index (χ1v) is 9.41. The fourth-order valence-corrected chi connectivity index (χ4v) is 3.98. The fourth-order valence-electron chi connectivity index (χ4n) is 2.38. The minimum absolute atomic E-state index is 0.104. The third-order valence-corrected chi connectivity index (χ3v) is 5.43. The third kappa shape index (κ3) is 4.32. The number of anilines is 1. The lowest BCUT2D eigenvalue weighted by atomic mass is 10.2. The van der Waals surface area contributed by atoms with Gasteiger partial charge in [-0.05, 0) is 37.3 Å². The van der Waals surface area contributed by atoms with Crippen LogP contribution in [0.25, 0.3) is 0 Å². The Morgan fingerprint density at radius 3 is 2.41 bits per heavy atom. The number of nitro groups is 1. The van der Waals surface area contributed by atoms with Gasteiger partial charge in [-0.2, -0.15) is 0 Å². The van der Waals surface area contributed by atoms with Gasteiger partial charge in [0.15, 0.2) is 4.90 Å². The molecule has 2 aromatic rings. The standard InChI is InChI=1S/C18H18N2O6S/c1-3-13-19(15-11-9-14(10-12-15)18(21)26-4-2)27(24,25)17-8-6-5-7-16(17)20(22)23/h3,5-12H,1,4,13H2,2H3. The highest BCUT2D eigenvalue weighted by Crippen LogP contribution is 2.30. The molecule has 0 N–H and O–H groups in total. The summed E-state index contributed by atoms with van der Waals surface area (Å²) < 4.78 is 32.0. The first kappa shape index (κ1) is 20.1. The van der Waals surface area contributed by atoms with E-state index >= 15 is 0 Å². The maximum Gasteiger partial charge on any atom is 0.338 e. The van der Waals surface area contributed by atoms with E-state index in [1.165, 1.54) is 48.5 Å². The van der Waals surface area contributed by atoms with Crippen LogP contribution < -0.4 is 4.31 Å². The van der Waals surface area contributed by atoms with Crippen LogP contribution in [0.3, 0.4) is 0 Å². The molecule has 2 rings (SSSR count). The Morgan fingerprint density at radius 1 is 1.22 bits per heavy atom. The number of rotatable bonds is 8. The lowest BCUT2D eigenvalue weighted by Gasteiger charge is -2.23. The molecule has 8 nitrogen and oxygen atoms in total. The summed E-state index contributed by atoms with van der Waals surface area (Å²) in [5, 5.41) is 11.2. The Bertz CT molecular complexity index is 954. The van der Waals surface area contributed by atoms with Crippen LogP contribution in [0.4, 0.5) is 11.4 Å². The molecule has 27 heavy (non-hydrogen) atoms. The van der Waals surface area contributed by atoms with Gasteiger partial charge in [0.05, 0.1) is 29.3 Å². The van der Waals surface area contributed by atoms with Gasteiger partial charge in [0.2, 0.25) is 0 Å². The van der Waals surface area contributed by atoms with Gasteiger partial charge < -0.3 is 4.74 Å². The van der Waals surface area contributed by atoms with E-state index in [1.54, 1.807) is 6.92 Å². The minimum atomic E-state index is -4.23.